The van der Waals surface area contributed by atoms with Gasteiger partial charge in [0.15, 0.2) is 11.7 Å². The Morgan fingerprint density at radius 1 is 1.06 bits per heavy atom. The van der Waals surface area contributed by atoms with Crippen molar-refractivity contribution < 1.29 is 14.3 Å². The molecule has 0 radical (unpaired) electrons. The van der Waals surface area contributed by atoms with Crippen molar-refractivity contribution in [2.45, 2.75) is 13.5 Å². The zero-order chi connectivity index (χ0) is 21.6. The maximum atomic E-state index is 13.2. The minimum atomic E-state index is -0.224. The predicted molar refractivity (Wildman–Crippen MR) is 123 cm³/mol. The molecule has 0 unspecified atom stereocenters. The lowest BCUT2D eigenvalue weighted by atomic mass is 10.3. The summed E-state index contributed by atoms with van der Waals surface area (Å²) in [7, 11) is 0. The SMILES string of the molecule is CCOc1cccc2sc(N(Cc3ccccn3)C(=O)COc3ccc(Cl)cc3)nc12. The average molecular weight is 454 g/mol. The molecule has 4 aromatic rings. The molecule has 2 aromatic heterocycles. The molecule has 8 heteroatoms. The molecule has 0 aliphatic carbocycles. The maximum Gasteiger partial charge on any atom is 0.267 e. The Hall–Kier alpha value is -3.16. The van der Waals surface area contributed by atoms with Crippen molar-refractivity contribution in [2.75, 3.05) is 18.1 Å². The summed E-state index contributed by atoms with van der Waals surface area (Å²) in [6, 6.07) is 18.3. The van der Waals surface area contributed by atoms with Crippen molar-refractivity contribution in [3.05, 3.63) is 77.6 Å². The lowest BCUT2D eigenvalue weighted by Crippen LogP contribution is -2.34. The molecule has 0 saturated heterocycles. The topological polar surface area (TPSA) is 64.5 Å². The Morgan fingerprint density at radius 2 is 1.90 bits per heavy atom. The van der Waals surface area contributed by atoms with Gasteiger partial charge < -0.3 is 9.47 Å². The number of hydrogen-bond acceptors (Lipinski definition) is 6. The van der Waals surface area contributed by atoms with Crippen molar-refractivity contribution in [1.82, 2.24) is 9.97 Å². The maximum absolute atomic E-state index is 13.2. The number of carbonyl (C=O) groups excluding carboxylic acids is 1. The number of halogens is 1. The smallest absolute Gasteiger partial charge is 0.267 e. The van der Waals surface area contributed by atoms with Crippen LogP contribution in [0.1, 0.15) is 12.6 Å². The molecule has 6 nitrogen and oxygen atoms in total. The predicted octanol–water partition coefficient (Wildman–Crippen LogP) is 5.36. The van der Waals surface area contributed by atoms with Crippen LogP contribution >= 0.6 is 22.9 Å². The van der Waals surface area contributed by atoms with Gasteiger partial charge in [-0.2, -0.15) is 0 Å². The third kappa shape index (κ3) is 5.13. The number of nitrogens with zero attached hydrogens (tertiary/aromatic N) is 3. The van der Waals surface area contributed by atoms with Crippen molar-refractivity contribution in [3.8, 4) is 11.5 Å². The van der Waals surface area contributed by atoms with Crippen molar-refractivity contribution in [2.24, 2.45) is 0 Å². The van der Waals surface area contributed by atoms with Gasteiger partial charge in [-0.05, 0) is 55.5 Å². The summed E-state index contributed by atoms with van der Waals surface area (Å²) in [6.45, 7) is 2.62. The lowest BCUT2D eigenvalue weighted by Gasteiger charge is -2.19. The summed E-state index contributed by atoms with van der Waals surface area (Å²) in [5.74, 6) is 1.04. The van der Waals surface area contributed by atoms with E-state index in [4.69, 9.17) is 26.1 Å². The number of amides is 1. The molecule has 0 aliphatic heterocycles. The van der Waals surface area contributed by atoms with Crippen LogP contribution in [0.3, 0.4) is 0 Å². The van der Waals surface area contributed by atoms with E-state index in [1.165, 1.54) is 11.3 Å². The van der Waals surface area contributed by atoms with E-state index in [1.54, 1.807) is 35.4 Å². The van der Waals surface area contributed by atoms with Gasteiger partial charge in [-0.1, -0.05) is 35.1 Å². The second-order valence-corrected chi connectivity index (χ2v) is 8.02. The highest BCUT2D eigenvalue weighted by molar-refractivity contribution is 7.22. The molecule has 0 bridgehead atoms. The molecular weight excluding hydrogens is 434 g/mol. The van der Waals surface area contributed by atoms with Gasteiger partial charge in [-0.25, -0.2) is 4.98 Å². The van der Waals surface area contributed by atoms with Crippen LogP contribution in [-0.4, -0.2) is 29.1 Å². The average Bonchev–Trinajstić information content (AvgIpc) is 3.23. The van der Waals surface area contributed by atoms with E-state index in [1.807, 2.05) is 43.3 Å². The number of fused-ring (bicyclic) bond motifs is 1. The molecular formula is C23H20ClN3O3S. The fourth-order valence-corrected chi connectivity index (χ4v) is 4.09. The summed E-state index contributed by atoms with van der Waals surface area (Å²) < 4.78 is 12.3. The number of para-hydroxylation sites is 1. The Morgan fingerprint density at radius 3 is 2.65 bits per heavy atom. The number of benzene rings is 2. The van der Waals surface area contributed by atoms with Crippen LogP contribution in [-0.2, 0) is 11.3 Å². The third-order valence-electron chi connectivity index (χ3n) is 4.42. The Kier molecular flexibility index (Phi) is 6.64. The van der Waals surface area contributed by atoms with E-state index in [2.05, 4.69) is 4.98 Å². The van der Waals surface area contributed by atoms with E-state index in [9.17, 15) is 4.79 Å². The van der Waals surface area contributed by atoms with E-state index in [0.717, 1.165) is 15.9 Å². The van der Waals surface area contributed by atoms with Gasteiger partial charge in [0.25, 0.3) is 5.91 Å². The number of ether oxygens (including phenoxy) is 2. The van der Waals surface area contributed by atoms with Gasteiger partial charge >= 0.3 is 0 Å². The van der Waals surface area contributed by atoms with Crippen LogP contribution in [0.4, 0.5) is 5.13 Å². The summed E-state index contributed by atoms with van der Waals surface area (Å²) >= 11 is 7.34. The van der Waals surface area contributed by atoms with Gasteiger partial charge in [0, 0.05) is 11.2 Å². The summed E-state index contributed by atoms with van der Waals surface area (Å²) in [4.78, 5) is 23.8. The molecule has 31 heavy (non-hydrogen) atoms. The number of pyridine rings is 1. The first-order valence-corrected chi connectivity index (χ1v) is 10.9. The molecule has 2 aromatic carbocycles. The van der Waals surface area contributed by atoms with Crippen LogP contribution in [0.25, 0.3) is 10.2 Å². The van der Waals surface area contributed by atoms with Crippen LogP contribution in [0.5, 0.6) is 11.5 Å². The quantitative estimate of drug-likeness (QED) is 0.359. The van der Waals surface area contributed by atoms with E-state index >= 15 is 0 Å². The van der Waals surface area contributed by atoms with Crippen molar-refractivity contribution in [3.63, 3.8) is 0 Å². The molecule has 0 fully saturated rings. The van der Waals surface area contributed by atoms with Crippen molar-refractivity contribution in [1.29, 1.82) is 0 Å². The molecule has 0 N–H and O–H groups in total. The minimum Gasteiger partial charge on any atom is -0.492 e. The standard InChI is InChI=1S/C23H20ClN3O3S/c1-2-29-19-7-5-8-20-22(19)26-23(31-20)27(14-17-6-3-4-13-25-17)21(28)15-30-18-11-9-16(24)10-12-18/h3-13H,2,14-15H2,1H3. The number of anilines is 1. The largest absolute Gasteiger partial charge is 0.492 e. The van der Waals surface area contributed by atoms with E-state index in [-0.39, 0.29) is 19.1 Å². The Balaban J connectivity index is 1.62. The highest BCUT2D eigenvalue weighted by Crippen LogP contribution is 2.34. The van der Waals surface area contributed by atoms with Gasteiger partial charge in [0.2, 0.25) is 0 Å². The van der Waals surface area contributed by atoms with Gasteiger partial charge in [0.1, 0.15) is 17.0 Å². The lowest BCUT2D eigenvalue weighted by molar-refractivity contribution is -0.120. The molecule has 0 atom stereocenters. The third-order valence-corrected chi connectivity index (χ3v) is 5.72. The van der Waals surface area contributed by atoms with Crippen molar-refractivity contribution >= 4 is 44.2 Å². The summed E-state index contributed by atoms with van der Waals surface area (Å²) in [5, 5.41) is 1.17. The molecule has 0 spiro atoms. The van der Waals surface area contributed by atoms with Crippen LogP contribution < -0.4 is 14.4 Å². The zero-order valence-corrected chi connectivity index (χ0v) is 18.4. The molecule has 1 amide bonds. The number of rotatable bonds is 8. The van der Waals surface area contributed by atoms with E-state index in [0.29, 0.717) is 28.3 Å². The molecule has 0 saturated carbocycles. The van der Waals surface area contributed by atoms with Gasteiger partial charge in [-0.3, -0.25) is 14.7 Å². The highest BCUT2D eigenvalue weighted by atomic mass is 35.5. The monoisotopic (exact) mass is 453 g/mol. The zero-order valence-electron chi connectivity index (χ0n) is 16.8. The number of aromatic nitrogens is 2. The summed E-state index contributed by atoms with van der Waals surface area (Å²) in [6.07, 6.45) is 1.70. The number of hydrogen-bond donors (Lipinski definition) is 0. The fraction of sp³-hybridized carbons (Fsp3) is 0.174. The first kappa shape index (κ1) is 21.1. The van der Waals surface area contributed by atoms with Crippen LogP contribution in [0.2, 0.25) is 5.02 Å². The molecule has 0 aliphatic rings. The Bertz CT molecular complexity index is 1170. The fourth-order valence-electron chi connectivity index (χ4n) is 2.97. The molecule has 4 rings (SSSR count). The molecule has 158 valence electrons. The second-order valence-electron chi connectivity index (χ2n) is 6.58. The first-order chi connectivity index (χ1) is 15.1. The van der Waals surface area contributed by atoms with Crippen LogP contribution in [0.15, 0.2) is 66.9 Å². The minimum absolute atomic E-state index is 0.136. The Labute approximate surface area is 189 Å². The summed E-state index contributed by atoms with van der Waals surface area (Å²) in [5.41, 5.74) is 1.49. The van der Waals surface area contributed by atoms with Gasteiger partial charge in [-0.15, -0.1) is 0 Å². The number of carbonyl (C=O) groups is 1. The van der Waals surface area contributed by atoms with E-state index < -0.39 is 0 Å². The number of thiazole rings is 1. The molecule has 2 heterocycles. The normalized spacial score (nSPS) is 10.8. The van der Waals surface area contributed by atoms with Gasteiger partial charge in [0.05, 0.1) is 23.5 Å². The highest BCUT2D eigenvalue weighted by Gasteiger charge is 2.22. The van der Waals surface area contributed by atoms with Crippen LogP contribution in [0, 0.1) is 0 Å². The first-order valence-electron chi connectivity index (χ1n) is 9.75. The second kappa shape index (κ2) is 9.76.